The van der Waals surface area contributed by atoms with E-state index < -0.39 is 5.97 Å². The van der Waals surface area contributed by atoms with Gasteiger partial charge in [-0.1, -0.05) is 12.1 Å². The van der Waals surface area contributed by atoms with Crippen molar-refractivity contribution in [3.8, 4) is 0 Å². The normalized spacial score (nSPS) is 18.2. The first-order chi connectivity index (χ1) is 10.6. The first-order valence-corrected chi connectivity index (χ1v) is 9.12. The minimum absolute atomic E-state index is 0.0331. The zero-order valence-electron chi connectivity index (χ0n) is 13.0. The average Bonchev–Trinajstić information content (AvgIpc) is 2.53. The molecule has 0 saturated carbocycles. The number of carboxylic acids is 1. The van der Waals surface area contributed by atoms with Gasteiger partial charge in [0.05, 0.1) is 0 Å². The van der Waals surface area contributed by atoms with Gasteiger partial charge in [-0.2, -0.15) is 11.8 Å². The second kappa shape index (κ2) is 8.22. The fourth-order valence-corrected chi connectivity index (χ4v) is 3.46. The summed E-state index contributed by atoms with van der Waals surface area (Å²) in [7, 11) is 0. The number of nitrogens with zero attached hydrogens (tertiary/aromatic N) is 1. The molecule has 1 aromatic rings. The SMILES string of the molecule is CSCc1ccc(C(=O)N2CCCCC2CCC(=O)O)cc1. The van der Waals surface area contributed by atoms with E-state index in [-0.39, 0.29) is 18.4 Å². The molecule has 0 aromatic heterocycles. The third-order valence-electron chi connectivity index (χ3n) is 4.09. The number of carboxylic acid groups (broad SMARTS) is 1. The van der Waals surface area contributed by atoms with E-state index in [1.165, 1.54) is 5.56 Å². The number of hydrogen-bond acceptors (Lipinski definition) is 3. The summed E-state index contributed by atoms with van der Waals surface area (Å²) in [4.78, 5) is 25.4. The second-order valence-electron chi connectivity index (χ2n) is 5.71. The van der Waals surface area contributed by atoms with Crippen molar-refractivity contribution in [1.29, 1.82) is 0 Å². The van der Waals surface area contributed by atoms with Gasteiger partial charge in [0.2, 0.25) is 0 Å². The van der Waals surface area contributed by atoms with Crippen molar-refractivity contribution in [2.24, 2.45) is 0 Å². The number of rotatable bonds is 6. The van der Waals surface area contributed by atoms with Crippen molar-refractivity contribution in [2.45, 2.75) is 43.9 Å². The summed E-state index contributed by atoms with van der Waals surface area (Å²) < 4.78 is 0. The van der Waals surface area contributed by atoms with E-state index in [9.17, 15) is 9.59 Å². The summed E-state index contributed by atoms with van der Waals surface area (Å²) in [5, 5.41) is 8.86. The van der Waals surface area contributed by atoms with Crippen LogP contribution in [0.2, 0.25) is 0 Å². The average molecular weight is 321 g/mol. The van der Waals surface area contributed by atoms with Crippen LogP contribution in [0.25, 0.3) is 0 Å². The Labute approximate surface area is 135 Å². The molecule has 0 aliphatic carbocycles. The summed E-state index contributed by atoms with van der Waals surface area (Å²) in [5.41, 5.74) is 1.91. The van der Waals surface area contributed by atoms with Crippen LogP contribution in [-0.2, 0) is 10.5 Å². The van der Waals surface area contributed by atoms with Gasteiger partial charge in [0.15, 0.2) is 0 Å². The zero-order valence-corrected chi connectivity index (χ0v) is 13.8. The Bertz CT molecular complexity index is 515. The first kappa shape index (κ1) is 16.9. The van der Waals surface area contributed by atoms with E-state index in [1.807, 2.05) is 29.2 Å². The molecule has 1 heterocycles. The fourth-order valence-electron chi connectivity index (χ4n) is 2.93. The lowest BCUT2D eigenvalue weighted by atomic mass is 9.97. The van der Waals surface area contributed by atoms with Gasteiger partial charge in [-0.3, -0.25) is 9.59 Å². The number of benzene rings is 1. The third kappa shape index (κ3) is 4.50. The molecule has 4 nitrogen and oxygen atoms in total. The fraction of sp³-hybridized carbons (Fsp3) is 0.529. The minimum Gasteiger partial charge on any atom is -0.481 e. The van der Waals surface area contributed by atoms with Crippen LogP contribution >= 0.6 is 11.8 Å². The predicted molar refractivity (Wildman–Crippen MR) is 89.2 cm³/mol. The molecule has 0 radical (unpaired) electrons. The Balaban J connectivity index is 2.05. The summed E-state index contributed by atoms with van der Waals surface area (Å²) in [5.74, 6) is 0.185. The lowest BCUT2D eigenvalue weighted by molar-refractivity contribution is -0.137. The Morgan fingerprint density at radius 1 is 1.27 bits per heavy atom. The van der Waals surface area contributed by atoms with Crippen LogP contribution in [0, 0.1) is 0 Å². The molecule has 1 atom stereocenters. The van der Waals surface area contributed by atoms with Crippen molar-refractivity contribution in [3.05, 3.63) is 35.4 Å². The molecular weight excluding hydrogens is 298 g/mol. The molecule has 1 aliphatic rings. The highest BCUT2D eigenvalue weighted by atomic mass is 32.2. The van der Waals surface area contributed by atoms with E-state index in [0.29, 0.717) is 12.0 Å². The van der Waals surface area contributed by atoms with Crippen molar-refractivity contribution in [3.63, 3.8) is 0 Å². The first-order valence-electron chi connectivity index (χ1n) is 7.72. The van der Waals surface area contributed by atoms with E-state index in [0.717, 1.165) is 31.6 Å². The molecule has 0 bridgehead atoms. The van der Waals surface area contributed by atoms with Gasteiger partial charge in [-0.15, -0.1) is 0 Å². The maximum Gasteiger partial charge on any atom is 0.303 e. The van der Waals surface area contributed by atoms with Crippen LogP contribution < -0.4 is 0 Å². The maximum absolute atomic E-state index is 12.7. The molecule has 120 valence electrons. The Morgan fingerprint density at radius 3 is 2.64 bits per heavy atom. The van der Waals surface area contributed by atoms with Crippen molar-refractivity contribution >= 4 is 23.6 Å². The number of hydrogen-bond donors (Lipinski definition) is 1. The topological polar surface area (TPSA) is 57.6 Å². The summed E-state index contributed by atoms with van der Waals surface area (Å²) in [6, 6.07) is 7.83. The van der Waals surface area contributed by atoms with E-state index in [2.05, 4.69) is 6.26 Å². The van der Waals surface area contributed by atoms with Crippen molar-refractivity contribution in [1.82, 2.24) is 4.90 Å². The van der Waals surface area contributed by atoms with Gasteiger partial charge in [0, 0.05) is 30.3 Å². The van der Waals surface area contributed by atoms with E-state index >= 15 is 0 Å². The van der Waals surface area contributed by atoms with Crippen molar-refractivity contribution in [2.75, 3.05) is 12.8 Å². The van der Waals surface area contributed by atoms with Crippen molar-refractivity contribution < 1.29 is 14.7 Å². The number of carbonyl (C=O) groups is 2. The van der Waals surface area contributed by atoms with E-state index in [1.54, 1.807) is 11.8 Å². The third-order valence-corrected chi connectivity index (χ3v) is 4.71. The molecule has 0 spiro atoms. The van der Waals surface area contributed by atoms with Crippen LogP contribution in [0.1, 0.15) is 48.0 Å². The number of thioether (sulfide) groups is 1. The molecule has 2 rings (SSSR count). The lowest BCUT2D eigenvalue weighted by Crippen LogP contribution is -2.43. The number of amides is 1. The highest BCUT2D eigenvalue weighted by Gasteiger charge is 2.27. The van der Waals surface area contributed by atoms with Gasteiger partial charge in [0.1, 0.15) is 0 Å². The number of piperidine rings is 1. The van der Waals surface area contributed by atoms with Gasteiger partial charge < -0.3 is 10.0 Å². The summed E-state index contributed by atoms with van der Waals surface area (Å²) in [6.07, 6.45) is 5.71. The molecule has 1 aliphatic heterocycles. The quantitative estimate of drug-likeness (QED) is 0.872. The molecular formula is C17H23NO3S. The zero-order chi connectivity index (χ0) is 15.9. The largest absolute Gasteiger partial charge is 0.481 e. The predicted octanol–water partition coefficient (Wildman–Crippen LogP) is 3.41. The molecule has 5 heteroatoms. The van der Waals surface area contributed by atoms with Crippen LogP contribution in [0.3, 0.4) is 0 Å². The van der Waals surface area contributed by atoms with Gasteiger partial charge >= 0.3 is 5.97 Å². The monoisotopic (exact) mass is 321 g/mol. The standard InChI is InChI=1S/C17H23NO3S/c1-22-12-13-5-7-14(8-6-13)17(21)18-11-3-2-4-15(18)9-10-16(19)20/h5-8,15H,2-4,9-12H2,1H3,(H,19,20). The molecule has 22 heavy (non-hydrogen) atoms. The molecule has 1 N–H and O–H groups in total. The molecule has 1 saturated heterocycles. The minimum atomic E-state index is -0.792. The number of likely N-dealkylation sites (tertiary alicyclic amines) is 1. The Hall–Kier alpha value is -1.49. The number of carbonyl (C=O) groups excluding carboxylic acids is 1. The van der Waals surface area contributed by atoms with Crippen LogP contribution in [0.5, 0.6) is 0 Å². The van der Waals surface area contributed by atoms with Gasteiger partial charge in [0.25, 0.3) is 5.91 Å². The van der Waals surface area contributed by atoms with Gasteiger partial charge in [-0.25, -0.2) is 0 Å². The van der Waals surface area contributed by atoms with E-state index in [4.69, 9.17) is 5.11 Å². The Kier molecular flexibility index (Phi) is 6.31. The number of aliphatic carboxylic acids is 1. The lowest BCUT2D eigenvalue weighted by Gasteiger charge is -2.35. The highest BCUT2D eigenvalue weighted by Crippen LogP contribution is 2.23. The smallest absolute Gasteiger partial charge is 0.303 e. The highest BCUT2D eigenvalue weighted by molar-refractivity contribution is 7.97. The Morgan fingerprint density at radius 2 is 2.00 bits per heavy atom. The van der Waals surface area contributed by atoms with Crippen LogP contribution in [0.15, 0.2) is 24.3 Å². The van der Waals surface area contributed by atoms with Crippen LogP contribution in [-0.4, -0.2) is 40.7 Å². The van der Waals surface area contributed by atoms with Crippen LogP contribution in [0.4, 0.5) is 0 Å². The molecule has 1 amide bonds. The van der Waals surface area contributed by atoms with Gasteiger partial charge in [-0.05, 0) is 49.6 Å². The summed E-state index contributed by atoms with van der Waals surface area (Å²) >= 11 is 1.76. The molecule has 1 fully saturated rings. The maximum atomic E-state index is 12.7. The molecule has 1 aromatic carbocycles. The summed E-state index contributed by atoms with van der Waals surface area (Å²) in [6.45, 7) is 0.732. The second-order valence-corrected chi connectivity index (χ2v) is 6.58. The molecule has 1 unspecified atom stereocenters.